The summed E-state index contributed by atoms with van der Waals surface area (Å²) < 4.78 is 5.29. The Morgan fingerprint density at radius 3 is 2.56 bits per heavy atom. The molecule has 2 aromatic carbocycles. The lowest BCUT2D eigenvalue weighted by molar-refractivity contribution is -0.119. The minimum absolute atomic E-state index is 0. The average Bonchev–Trinajstić information content (AvgIpc) is 3.36. The Labute approximate surface area is 227 Å². The van der Waals surface area contributed by atoms with Gasteiger partial charge < -0.3 is 36.9 Å². The van der Waals surface area contributed by atoms with Crippen LogP contribution in [0, 0.1) is 0 Å². The van der Waals surface area contributed by atoms with Crippen molar-refractivity contribution in [3.8, 4) is 5.75 Å². The van der Waals surface area contributed by atoms with E-state index in [1.54, 1.807) is 30.3 Å². The number of carboxylic acids is 1. The lowest BCUT2D eigenvalue weighted by Crippen LogP contribution is -2.27. The first-order valence-electron chi connectivity index (χ1n) is 11.2. The van der Waals surface area contributed by atoms with Crippen LogP contribution in [-0.2, 0) is 16.1 Å². The lowest BCUT2D eigenvalue weighted by atomic mass is 10.1. The van der Waals surface area contributed by atoms with E-state index in [9.17, 15) is 19.2 Å². The smallest absolute Gasteiger partial charge is 0.339 e. The summed E-state index contributed by atoms with van der Waals surface area (Å²) in [7, 11) is 0. The number of hydrogen-bond acceptors (Lipinski definition) is 8. The summed E-state index contributed by atoms with van der Waals surface area (Å²) in [5.41, 5.74) is 12.9. The first-order chi connectivity index (χ1) is 18.2. The number of carbonyl (C=O) groups excluding carboxylic acids is 3. The van der Waals surface area contributed by atoms with Crippen LogP contribution in [0.1, 0.15) is 38.0 Å². The highest BCUT2D eigenvalue weighted by Crippen LogP contribution is 2.28. The molecule has 0 unspecified atom stereocenters. The average molecular weight is 554 g/mol. The molecule has 1 aliphatic heterocycles. The van der Waals surface area contributed by atoms with Crippen molar-refractivity contribution in [2.24, 2.45) is 11.5 Å². The van der Waals surface area contributed by atoms with E-state index in [-0.39, 0.29) is 53.8 Å². The number of aromatic amines is 1. The van der Waals surface area contributed by atoms with Crippen molar-refractivity contribution in [1.29, 1.82) is 0 Å². The topological polar surface area (TPSA) is 215 Å². The number of nitrogens with two attached hydrogens (primary N) is 2. The van der Waals surface area contributed by atoms with Gasteiger partial charge in [-0.3, -0.25) is 14.4 Å². The number of aromatic carboxylic acids is 1. The fraction of sp³-hybridized carbons (Fsp3) is 0.120. The van der Waals surface area contributed by atoms with Crippen molar-refractivity contribution >= 4 is 52.8 Å². The first-order valence-corrected chi connectivity index (χ1v) is 11.2. The molecule has 2 aromatic heterocycles. The van der Waals surface area contributed by atoms with E-state index in [1.165, 1.54) is 6.20 Å². The molecule has 1 aliphatic rings. The molecule has 14 heteroatoms. The van der Waals surface area contributed by atoms with E-state index >= 15 is 0 Å². The number of carboxylic acid groups (broad SMARTS) is 1. The largest absolute Gasteiger partial charge is 0.482 e. The van der Waals surface area contributed by atoms with Gasteiger partial charge in [-0.25, -0.2) is 14.8 Å². The van der Waals surface area contributed by atoms with Crippen molar-refractivity contribution in [1.82, 2.24) is 20.3 Å². The Bertz CT molecular complexity index is 1530. The number of amides is 3. The molecule has 1 atom stereocenters. The zero-order valence-electron chi connectivity index (χ0n) is 20.2. The maximum atomic E-state index is 12.5. The van der Waals surface area contributed by atoms with Crippen LogP contribution in [0.15, 0.2) is 61.1 Å². The van der Waals surface area contributed by atoms with Gasteiger partial charge in [-0.05, 0) is 23.3 Å². The number of carbonyl (C=O) groups is 4. The highest BCUT2D eigenvalue weighted by molar-refractivity contribution is 6.08. The summed E-state index contributed by atoms with van der Waals surface area (Å²) >= 11 is 0. The molecule has 3 amide bonds. The SMILES string of the molecule is Cl.NC(=O)[C@H](N)c1ccccc1.O=C1COc2ccc(CNC(=O)c3ncnc4c(C(=O)O)c[nH]c34)cc2N1. The van der Waals surface area contributed by atoms with Crippen molar-refractivity contribution < 1.29 is 29.0 Å². The second-order valence-electron chi connectivity index (χ2n) is 8.09. The summed E-state index contributed by atoms with van der Waals surface area (Å²) in [6, 6.07) is 13.5. The Kier molecular flexibility index (Phi) is 9.15. The van der Waals surface area contributed by atoms with Gasteiger partial charge in [0.05, 0.1) is 11.2 Å². The van der Waals surface area contributed by atoms with Gasteiger partial charge in [0.2, 0.25) is 5.91 Å². The van der Waals surface area contributed by atoms with Gasteiger partial charge in [0, 0.05) is 12.7 Å². The Balaban J connectivity index is 0.000000297. The molecular weight excluding hydrogens is 530 g/mol. The standard InChI is InChI=1S/C17H13N5O5.C8H10N2O.ClH/c23-12-6-27-11-2-1-8(3-10(11)22-12)4-19-16(24)15-14-13(20-7-21-15)9(5-18-14)17(25)26;9-7(8(10)11)6-4-2-1-3-5-6;/h1-3,5,7,18H,4,6H2,(H,19,24)(H,22,23)(H,25,26);1-5,7H,9H2,(H2,10,11);1H/t;7-;/m.1./s1. The van der Waals surface area contributed by atoms with E-state index in [0.29, 0.717) is 11.4 Å². The van der Waals surface area contributed by atoms with Gasteiger partial charge in [0.15, 0.2) is 12.3 Å². The Hall–Kier alpha value is -5.01. The molecule has 0 saturated carbocycles. The first kappa shape index (κ1) is 28.6. The van der Waals surface area contributed by atoms with Crippen LogP contribution < -0.4 is 26.8 Å². The fourth-order valence-electron chi connectivity index (χ4n) is 3.61. The van der Waals surface area contributed by atoms with Gasteiger partial charge in [-0.1, -0.05) is 36.4 Å². The molecule has 8 N–H and O–H groups in total. The number of hydrogen-bond donors (Lipinski definition) is 6. The van der Waals surface area contributed by atoms with Crippen LogP contribution >= 0.6 is 12.4 Å². The maximum absolute atomic E-state index is 12.5. The van der Waals surface area contributed by atoms with Crippen LogP contribution in [0.25, 0.3) is 11.0 Å². The number of benzene rings is 2. The molecular formula is C25H24ClN7O6. The molecule has 3 heterocycles. The number of H-pyrrole nitrogens is 1. The fourth-order valence-corrected chi connectivity index (χ4v) is 3.61. The zero-order valence-corrected chi connectivity index (χ0v) is 21.0. The normalized spacial score (nSPS) is 12.4. The minimum Gasteiger partial charge on any atom is -0.482 e. The maximum Gasteiger partial charge on any atom is 0.339 e. The van der Waals surface area contributed by atoms with Gasteiger partial charge in [-0.15, -0.1) is 12.4 Å². The molecule has 0 aliphatic carbocycles. The van der Waals surface area contributed by atoms with Crippen molar-refractivity contribution in [3.63, 3.8) is 0 Å². The van der Waals surface area contributed by atoms with Crippen molar-refractivity contribution in [2.75, 3.05) is 11.9 Å². The Morgan fingerprint density at radius 2 is 1.87 bits per heavy atom. The van der Waals surface area contributed by atoms with Crippen LogP contribution in [0.4, 0.5) is 5.69 Å². The summed E-state index contributed by atoms with van der Waals surface area (Å²) in [5.74, 6) is -1.82. The number of aromatic nitrogens is 3. The van der Waals surface area contributed by atoms with Crippen LogP contribution in [0.5, 0.6) is 5.75 Å². The molecule has 0 spiro atoms. The molecule has 0 saturated heterocycles. The molecule has 5 rings (SSSR count). The lowest BCUT2D eigenvalue weighted by Gasteiger charge is -2.18. The Morgan fingerprint density at radius 1 is 1.13 bits per heavy atom. The molecule has 0 radical (unpaired) electrons. The quantitative estimate of drug-likeness (QED) is 0.203. The molecule has 39 heavy (non-hydrogen) atoms. The number of primary amides is 1. The number of fused-ring (bicyclic) bond motifs is 2. The number of nitrogens with one attached hydrogen (secondary N) is 3. The van der Waals surface area contributed by atoms with Crippen molar-refractivity contribution in [2.45, 2.75) is 12.6 Å². The summed E-state index contributed by atoms with van der Waals surface area (Å²) in [4.78, 5) is 56.3. The predicted octanol–water partition coefficient (Wildman–Crippen LogP) is 1.51. The van der Waals surface area contributed by atoms with E-state index in [2.05, 4.69) is 25.6 Å². The molecule has 0 fully saturated rings. The number of halogens is 1. The number of rotatable bonds is 6. The molecule has 0 bridgehead atoms. The monoisotopic (exact) mass is 553 g/mol. The third-order valence-corrected chi connectivity index (χ3v) is 5.50. The molecule has 4 aromatic rings. The highest BCUT2D eigenvalue weighted by atomic mass is 35.5. The number of ether oxygens (including phenoxy) is 1. The van der Waals surface area contributed by atoms with E-state index in [4.69, 9.17) is 21.3 Å². The predicted molar refractivity (Wildman–Crippen MR) is 142 cm³/mol. The van der Waals surface area contributed by atoms with Gasteiger partial charge in [-0.2, -0.15) is 0 Å². The van der Waals surface area contributed by atoms with Crippen molar-refractivity contribution in [3.05, 3.63) is 83.4 Å². The minimum atomic E-state index is -1.15. The van der Waals surface area contributed by atoms with Gasteiger partial charge >= 0.3 is 5.97 Å². The molecule has 202 valence electrons. The van der Waals surface area contributed by atoms with E-state index in [1.807, 2.05) is 18.2 Å². The van der Waals surface area contributed by atoms with Crippen LogP contribution in [0.2, 0.25) is 0 Å². The molecule has 13 nitrogen and oxygen atoms in total. The van der Waals surface area contributed by atoms with E-state index < -0.39 is 23.8 Å². The summed E-state index contributed by atoms with van der Waals surface area (Å²) in [6.45, 7) is 0.154. The third kappa shape index (κ3) is 6.66. The summed E-state index contributed by atoms with van der Waals surface area (Å²) in [5, 5.41) is 14.6. The second kappa shape index (κ2) is 12.5. The third-order valence-electron chi connectivity index (χ3n) is 5.50. The second-order valence-corrected chi connectivity index (χ2v) is 8.09. The zero-order chi connectivity index (χ0) is 27.2. The number of nitrogens with zero attached hydrogens (tertiary/aromatic N) is 2. The van der Waals surface area contributed by atoms with Crippen LogP contribution in [0.3, 0.4) is 0 Å². The van der Waals surface area contributed by atoms with E-state index in [0.717, 1.165) is 17.5 Å². The number of anilines is 1. The summed E-state index contributed by atoms with van der Waals surface area (Å²) in [6.07, 6.45) is 2.41. The van der Waals surface area contributed by atoms with Gasteiger partial charge in [0.1, 0.15) is 29.2 Å². The van der Waals surface area contributed by atoms with Gasteiger partial charge in [0.25, 0.3) is 11.8 Å². The highest BCUT2D eigenvalue weighted by Gasteiger charge is 2.20. The van der Waals surface area contributed by atoms with Crippen LogP contribution in [-0.4, -0.2) is 50.4 Å².